The maximum atomic E-state index is 11.7. The molecule has 5 N–H and O–H groups in total. The van der Waals surface area contributed by atoms with Crippen molar-refractivity contribution in [3.63, 3.8) is 0 Å². The number of anilines is 2. The fourth-order valence-electron chi connectivity index (χ4n) is 2.69. The van der Waals surface area contributed by atoms with E-state index in [2.05, 4.69) is 24.7 Å². The molecule has 3 aromatic rings. The van der Waals surface area contributed by atoms with Crippen molar-refractivity contribution in [1.82, 2.24) is 19.4 Å². The number of primary sulfonamides is 1. The van der Waals surface area contributed by atoms with E-state index in [-0.39, 0.29) is 17.4 Å². The molecule has 32 heavy (non-hydrogen) atoms. The number of nitrogens with two attached hydrogens (primary N) is 1. The van der Waals surface area contributed by atoms with Crippen LogP contribution >= 0.6 is 11.6 Å². The lowest BCUT2D eigenvalue weighted by Crippen LogP contribution is -2.35. The first-order chi connectivity index (χ1) is 15.1. The Hall–Kier alpha value is -2.61. The summed E-state index contributed by atoms with van der Waals surface area (Å²) in [6.07, 6.45) is 1.45. The van der Waals surface area contributed by atoms with Crippen LogP contribution in [0.25, 0.3) is 11.3 Å². The third-order valence-corrected chi connectivity index (χ3v) is 6.61. The number of benzene rings is 2. The van der Waals surface area contributed by atoms with Crippen LogP contribution in [0.1, 0.15) is 12.5 Å². The van der Waals surface area contributed by atoms with E-state index in [1.54, 1.807) is 43.3 Å². The van der Waals surface area contributed by atoms with Gasteiger partial charge in [-0.3, -0.25) is 0 Å². The van der Waals surface area contributed by atoms with E-state index >= 15 is 0 Å². The van der Waals surface area contributed by atoms with Crippen molar-refractivity contribution in [3.8, 4) is 11.3 Å². The fraction of sp³-hybridized carbons (Fsp3) is 0.158. The summed E-state index contributed by atoms with van der Waals surface area (Å²) < 4.78 is 50.9. The second kappa shape index (κ2) is 9.90. The maximum Gasteiger partial charge on any atom is 0.277 e. The quantitative estimate of drug-likeness (QED) is 0.353. The monoisotopic (exact) mass is 496 g/mol. The number of nitrogens with one attached hydrogen (secondary N) is 3. The SMILES string of the molecule is CCNS(=O)(=O)NCc1ccc(-c2nc(Nc3ccc(S(N)(=O)=O)cc3)ncc2Cl)cc1. The van der Waals surface area contributed by atoms with Crippen molar-refractivity contribution >= 4 is 43.5 Å². The minimum atomic E-state index is -3.78. The van der Waals surface area contributed by atoms with Gasteiger partial charge in [0.05, 0.1) is 21.8 Å². The van der Waals surface area contributed by atoms with E-state index in [9.17, 15) is 16.8 Å². The van der Waals surface area contributed by atoms with Gasteiger partial charge in [-0.1, -0.05) is 42.8 Å². The highest BCUT2D eigenvalue weighted by Crippen LogP contribution is 2.27. The van der Waals surface area contributed by atoms with Gasteiger partial charge in [0.2, 0.25) is 16.0 Å². The summed E-state index contributed by atoms with van der Waals surface area (Å²) in [6, 6.07) is 12.9. The highest BCUT2D eigenvalue weighted by Gasteiger charge is 2.11. The van der Waals surface area contributed by atoms with Gasteiger partial charge in [-0.15, -0.1) is 0 Å². The molecular formula is C19H21ClN6O4S2. The van der Waals surface area contributed by atoms with Gasteiger partial charge in [-0.2, -0.15) is 13.1 Å². The number of aromatic nitrogens is 2. The third-order valence-electron chi connectivity index (χ3n) is 4.21. The molecule has 13 heteroatoms. The molecule has 0 atom stereocenters. The number of hydrogen-bond donors (Lipinski definition) is 4. The van der Waals surface area contributed by atoms with Gasteiger partial charge in [0.25, 0.3) is 10.2 Å². The lowest BCUT2D eigenvalue weighted by Gasteiger charge is -2.10. The second-order valence-corrected chi connectivity index (χ2v) is 10.2. The first-order valence-corrected chi connectivity index (χ1v) is 12.7. The third kappa shape index (κ3) is 6.45. The zero-order valence-electron chi connectivity index (χ0n) is 16.9. The Kier molecular flexibility index (Phi) is 7.44. The average molecular weight is 497 g/mol. The summed E-state index contributed by atoms with van der Waals surface area (Å²) in [5.41, 5.74) is 2.51. The van der Waals surface area contributed by atoms with Crippen LogP contribution < -0.4 is 19.9 Å². The molecule has 2 aromatic carbocycles. The molecule has 0 fully saturated rings. The lowest BCUT2D eigenvalue weighted by atomic mass is 10.1. The number of hydrogen-bond acceptors (Lipinski definition) is 7. The predicted octanol–water partition coefficient (Wildman–Crippen LogP) is 2.13. The molecule has 0 saturated heterocycles. The molecule has 0 aliphatic carbocycles. The Morgan fingerprint density at radius 3 is 2.22 bits per heavy atom. The van der Waals surface area contributed by atoms with Gasteiger partial charge < -0.3 is 5.32 Å². The Balaban J connectivity index is 1.75. The van der Waals surface area contributed by atoms with Gasteiger partial charge in [-0.25, -0.2) is 28.2 Å². The largest absolute Gasteiger partial charge is 0.324 e. The topological polar surface area (TPSA) is 156 Å². The van der Waals surface area contributed by atoms with Crippen LogP contribution in [0, 0.1) is 0 Å². The Bertz CT molecular complexity index is 1300. The molecule has 10 nitrogen and oxygen atoms in total. The first-order valence-electron chi connectivity index (χ1n) is 9.33. The minimum Gasteiger partial charge on any atom is -0.324 e. The van der Waals surface area contributed by atoms with E-state index in [4.69, 9.17) is 16.7 Å². The molecule has 3 rings (SSSR count). The zero-order valence-corrected chi connectivity index (χ0v) is 19.3. The molecule has 0 unspecified atom stereocenters. The van der Waals surface area contributed by atoms with Crippen LogP contribution in [0.3, 0.4) is 0 Å². The molecule has 0 spiro atoms. The van der Waals surface area contributed by atoms with Crippen LogP contribution in [0.2, 0.25) is 5.02 Å². The average Bonchev–Trinajstić information content (AvgIpc) is 2.74. The van der Waals surface area contributed by atoms with Crippen LogP contribution in [0.4, 0.5) is 11.6 Å². The number of nitrogens with zero attached hydrogens (tertiary/aromatic N) is 2. The molecule has 1 heterocycles. The standard InChI is InChI=1S/C19H21ClN6O4S2/c1-2-23-32(29,30)24-11-13-3-5-14(6-4-13)18-17(20)12-22-19(26-18)25-15-7-9-16(10-8-15)31(21,27)28/h3-10,12,23-24H,2,11H2,1H3,(H2,21,27,28)(H,22,25,26). The van der Waals surface area contributed by atoms with E-state index in [0.717, 1.165) is 5.56 Å². The molecule has 0 saturated carbocycles. The minimum absolute atomic E-state index is 0.00591. The van der Waals surface area contributed by atoms with E-state index in [0.29, 0.717) is 28.5 Å². The first kappa shape index (κ1) is 24.0. The van der Waals surface area contributed by atoms with Gasteiger partial charge in [-0.05, 0) is 29.8 Å². The molecule has 0 bridgehead atoms. The number of sulfonamides is 1. The van der Waals surface area contributed by atoms with Crippen molar-refractivity contribution < 1.29 is 16.8 Å². The van der Waals surface area contributed by atoms with Crippen molar-refractivity contribution in [1.29, 1.82) is 0 Å². The lowest BCUT2D eigenvalue weighted by molar-refractivity contribution is 0.568. The molecule has 170 valence electrons. The summed E-state index contributed by atoms with van der Waals surface area (Å²) in [5, 5.41) is 8.41. The maximum absolute atomic E-state index is 11.7. The van der Waals surface area contributed by atoms with Crippen LogP contribution in [0.15, 0.2) is 59.6 Å². The van der Waals surface area contributed by atoms with Crippen LogP contribution in [-0.2, 0) is 26.8 Å². The summed E-state index contributed by atoms with van der Waals surface area (Å²) in [6.45, 7) is 2.13. The number of halogens is 1. The summed E-state index contributed by atoms with van der Waals surface area (Å²) in [5.74, 6) is 0.259. The number of rotatable bonds is 9. The summed E-state index contributed by atoms with van der Waals surface area (Å²) in [4.78, 5) is 8.57. The molecule has 0 aliphatic rings. The summed E-state index contributed by atoms with van der Waals surface area (Å²) in [7, 11) is -7.31. The Labute approximate surface area is 191 Å². The smallest absolute Gasteiger partial charge is 0.277 e. The summed E-state index contributed by atoms with van der Waals surface area (Å²) >= 11 is 6.27. The van der Waals surface area contributed by atoms with Gasteiger partial charge in [0.1, 0.15) is 0 Å². The van der Waals surface area contributed by atoms with Gasteiger partial charge in [0.15, 0.2) is 0 Å². The Morgan fingerprint density at radius 1 is 0.969 bits per heavy atom. The highest BCUT2D eigenvalue weighted by molar-refractivity contribution is 7.89. The van der Waals surface area contributed by atoms with Gasteiger partial charge in [0, 0.05) is 24.3 Å². The zero-order chi connectivity index (χ0) is 23.4. The van der Waals surface area contributed by atoms with Crippen molar-refractivity contribution in [2.24, 2.45) is 5.14 Å². The van der Waals surface area contributed by atoms with Crippen molar-refractivity contribution in [2.75, 3.05) is 11.9 Å². The normalized spacial score (nSPS) is 12.0. The van der Waals surface area contributed by atoms with Crippen molar-refractivity contribution in [2.45, 2.75) is 18.4 Å². The molecular weight excluding hydrogens is 476 g/mol. The van der Waals surface area contributed by atoms with Gasteiger partial charge >= 0.3 is 0 Å². The van der Waals surface area contributed by atoms with E-state index in [1.165, 1.54) is 18.3 Å². The second-order valence-electron chi connectivity index (χ2n) is 6.60. The van der Waals surface area contributed by atoms with E-state index in [1.807, 2.05) is 0 Å². The van der Waals surface area contributed by atoms with Crippen LogP contribution in [-0.4, -0.2) is 33.3 Å². The molecule has 0 radical (unpaired) electrons. The molecule has 1 aromatic heterocycles. The molecule has 0 aliphatic heterocycles. The Morgan fingerprint density at radius 2 is 1.62 bits per heavy atom. The fourth-order valence-corrected chi connectivity index (χ4v) is 4.24. The molecule has 0 amide bonds. The highest BCUT2D eigenvalue weighted by atomic mass is 35.5. The van der Waals surface area contributed by atoms with E-state index < -0.39 is 20.2 Å². The van der Waals surface area contributed by atoms with Crippen molar-refractivity contribution in [3.05, 3.63) is 65.3 Å². The van der Waals surface area contributed by atoms with Crippen LogP contribution in [0.5, 0.6) is 0 Å². The predicted molar refractivity (Wildman–Crippen MR) is 123 cm³/mol.